The third-order valence-electron chi connectivity index (χ3n) is 2.73. The van der Waals surface area contributed by atoms with Gasteiger partial charge in [-0.3, -0.25) is 0 Å². The van der Waals surface area contributed by atoms with E-state index in [1.165, 1.54) is 12.1 Å². The summed E-state index contributed by atoms with van der Waals surface area (Å²) in [6.45, 7) is 0. The monoisotopic (exact) mass is 217 g/mol. The Morgan fingerprint density at radius 2 is 2.20 bits per heavy atom. The second kappa shape index (κ2) is 4.22. The fraction of sp³-hybridized carbons (Fsp3) is 0.300. The molecule has 0 spiro atoms. The van der Waals surface area contributed by atoms with Crippen LogP contribution in [-0.4, -0.2) is 5.97 Å². The van der Waals surface area contributed by atoms with Gasteiger partial charge in [0, 0.05) is 0 Å². The molecule has 1 unspecified atom stereocenters. The zero-order chi connectivity index (χ0) is 10.3. The van der Waals surface area contributed by atoms with Crippen LogP contribution >= 0.6 is 0 Å². The molecule has 5 heteroatoms. The van der Waals surface area contributed by atoms with Crippen LogP contribution in [0.15, 0.2) is 18.2 Å². The maximum atomic E-state index is 13.2. The van der Waals surface area contributed by atoms with Crippen molar-refractivity contribution in [2.75, 3.05) is 0 Å². The molecule has 0 radical (unpaired) electrons. The molecule has 1 aliphatic carbocycles. The maximum Gasteiger partial charge on any atom is 1.00 e. The molecule has 1 atom stereocenters. The van der Waals surface area contributed by atoms with Crippen LogP contribution in [0, 0.1) is 5.82 Å². The molecule has 3 nitrogen and oxygen atoms in total. The fourth-order valence-corrected chi connectivity index (χ4v) is 1.90. The Labute approximate surface area is 109 Å². The van der Waals surface area contributed by atoms with Crippen molar-refractivity contribution in [1.82, 2.24) is 0 Å². The van der Waals surface area contributed by atoms with Gasteiger partial charge in [-0.25, -0.2) is 4.39 Å². The van der Waals surface area contributed by atoms with E-state index in [0.717, 1.165) is 0 Å². The Morgan fingerprint density at radius 3 is 2.80 bits per heavy atom. The van der Waals surface area contributed by atoms with Crippen LogP contribution < -0.4 is 40.4 Å². The molecular weight excluding hydrogens is 208 g/mol. The zero-order valence-electron chi connectivity index (χ0n) is 8.42. The summed E-state index contributed by atoms with van der Waals surface area (Å²) in [4.78, 5) is 10.8. The Hall–Kier alpha value is -0.420. The molecule has 0 bridgehead atoms. The van der Waals surface area contributed by atoms with Gasteiger partial charge in [0.25, 0.3) is 0 Å². The second-order valence-corrected chi connectivity index (χ2v) is 3.52. The summed E-state index contributed by atoms with van der Waals surface area (Å²) in [6, 6.07) is 4.31. The summed E-state index contributed by atoms with van der Waals surface area (Å²) < 4.78 is 13.2. The van der Waals surface area contributed by atoms with Gasteiger partial charge in [-0.05, 0) is 30.0 Å². The first kappa shape index (κ1) is 12.6. The van der Waals surface area contributed by atoms with Crippen LogP contribution in [0.1, 0.15) is 17.5 Å². The van der Waals surface area contributed by atoms with E-state index in [2.05, 4.69) is 0 Å². The largest absolute Gasteiger partial charge is 1.00 e. The molecule has 2 N–H and O–H groups in total. The number of rotatable bonds is 1. The Balaban J connectivity index is 0.00000112. The first-order chi connectivity index (χ1) is 6.55. The molecule has 1 aromatic carbocycles. The van der Waals surface area contributed by atoms with Crippen LogP contribution in [0.5, 0.6) is 0 Å². The SMILES string of the molecule is NC1(C(=O)[O-])CCc2c(F)cccc21.[Na+]. The van der Waals surface area contributed by atoms with Gasteiger partial charge < -0.3 is 15.6 Å². The van der Waals surface area contributed by atoms with Crippen molar-refractivity contribution in [3.8, 4) is 0 Å². The van der Waals surface area contributed by atoms with Crippen LogP contribution in [0.25, 0.3) is 0 Å². The smallest absolute Gasteiger partial charge is 0.548 e. The standard InChI is InChI=1S/C10H10FNO2.Na/c11-8-3-1-2-7-6(8)4-5-10(7,12)9(13)14;/h1-3H,4-5,12H2,(H,13,14);/q;+1/p-1. The number of nitrogens with two attached hydrogens (primary N) is 1. The summed E-state index contributed by atoms with van der Waals surface area (Å²) in [5.41, 5.74) is 4.88. The predicted molar refractivity (Wildman–Crippen MR) is 45.6 cm³/mol. The van der Waals surface area contributed by atoms with Crippen molar-refractivity contribution >= 4 is 5.97 Å². The number of benzene rings is 1. The van der Waals surface area contributed by atoms with Crippen LogP contribution in [0.4, 0.5) is 4.39 Å². The van der Waals surface area contributed by atoms with E-state index in [4.69, 9.17) is 5.73 Å². The summed E-state index contributed by atoms with van der Waals surface area (Å²) in [6.07, 6.45) is 0.554. The molecule has 0 saturated heterocycles. The van der Waals surface area contributed by atoms with E-state index in [-0.39, 0.29) is 36.0 Å². The van der Waals surface area contributed by atoms with E-state index in [9.17, 15) is 14.3 Å². The number of carbonyl (C=O) groups is 1. The number of halogens is 1. The number of carboxylic acid groups (broad SMARTS) is 1. The topological polar surface area (TPSA) is 66.2 Å². The minimum Gasteiger partial charge on any atom is -0.548 e. The predicted octanol–water partition coefficient (Wildman–Crippen LogP) is -3.32. The van der Waals surface area contributed by atoms with E-state index in [1.54, 1.807) is 6.07 Å². The number of carbonyl (C=O) groups excluding carboxylic acids is 1. The molecule has 0 aliphatic heterocycles. The van der Waals surface area contributed by atoms with Crippen molar-refractivity contribution in [2.45, 2.75) is 18.4 Å². The summed E-state index contributed by atoms with van der Waals surface area (Å²) in [5, 5.41) is 10.8. The zero-order valence-corrected chi connectivity index (χ0v) is 10.4. The molecule has 1 aromatic rings. The van der Waals surface area contributed by atoms with Gasteiger partial charge in [-0.15, -0.1) is 0 Å². The molecule has 0 amide bonds. The quantitative estimate of drug-likeness (QED) is 0.501. The van der Waals surface area contributed by atoms with Gasteiger partial charge in [0.15, 0.2) is 0 Å². The van der Waals surface area contributed by atoms with Crippen molar-refractivity contribution in [3.05, 3.63) is 35.1 Å². The molecule has 74 valence electrons. The maximum absolute atomic E-state index is 13.2. The average Bonchev–Trinajstić information content (AvgIpc) is 2.47. The number of hydrogen-bond donors (Lipinski definition) is 1. The third-order valence-corrected chi connectivity index (χ3v) is 2.73. The first-order valence-corrected chi connectivity index (χ1v) is 4.34. The van der Waals surface area contributed by atoms with Gasteiger partial charge >= 0.3 is 29.6 Å². The molecule has 0 fully saturated rings. The Kier molecular flexibility index (Phi) is 3.55. The Bertz CT molecular complexity index is 410. The van der Waals surface area contributed by atoms with Crippen molar-refractivity contribution in [3.63, 3.8) is 0 Å². The van der Waals surface area contributed by atoms with E-state index >= 15 is 0 Å². The summed E-state index contributed by atoms with van der Waals surface area (Å²) in [7, 11) is 0. The third kappa shape index (κ3) is 1.83. The summed E-state index contributed by atoms with van der Waals surface area (Å²) >= 11 is 0. The van der Waals surface area contributed by atoms with Crippen LogP contribution in [-0.2, 0) is 16.8 Å². The van der Waals surface area contributed by atoms with E-state index in [0.29, 0.717) is 17.5 Å². The van der Waals surface area contributed by atoms with Gasteiger partial charge in [0.2, 0.25) is 0 Å². The molecule has 15 heavy (non-hydrogen) atoms. The number of carboxylic acids is 1. The number of fused-ring (bicyclic) bond motifs is 1. The van der Waals surface area contributed by atoms with Crippen molar-refractivity contribution < 1.29 is 43.8 Å². The molecule has 0 heterocycles. The Morgan fingerprint density at radius 1 is 1.53 bits per heavy atom. The van der Waals surface area contributed by atoms with Crippen molar-refractivity contribution in [2.24, 2.45) is 5.73 Å². The number of aliphatic carboxylic acids is 1. The van der Waals surface area contributed by atoms with Crippen LogP contribution in [0.2, 0.25) is 0 Å². The van der Waals surface area contributed by atoms with Gasteiger partial charge in [0.05, 0.1) is 11.5 Å². The van der Waals surface area contributed by atoms with E-state index in [1.807, 2.05) is 0 Å². The van der Waals surface area contributed by atoms with Gasteiger partial charge in [-0.1, -0.05) is 12.1 Å². The average molecular weight is 217 g/mol. The fourth-order valence-electron chi connectivity index (χ4n) is 1.90. The number of hydrogen-bond acceptors (Lipinski definition) is 3. The first-order valence-electron chi connectivity index (χ1n) is 4.34. The van der Waals surface area contributed by atoms with E-state index < -0.39 is 17.3 Å². The van der Waals surface area contributed by atoms with Crippen molar-refractivity contribution in [1.29, 1.82) is 0 Å². The molecule has 2 rings (SSSR count). The normalized spacial score (nSPS) is 23.1. The van der Waals surface area contributed by atoms with Gasteiger partial charge in [0.1, 0.15) is 5.82 Å². The minimum atomic E-state index is -1.52. The molecular formula is C10H9FNNaO2. The molecule has 0 saturated carbocycles. The van der Waals surface area contributed by atoms with Crippen LogP contribution in [0.3, 0.4) is 0 Å². The summed E-state index contributed by atoms with van der Waals surface area (Å²) in [5.74, 6) is -1.74. The minimum absolute atomic E-state index is 0. The molecule has 1 aliphatic rings. The van der Waals surface area contributed by atoms with Gasteiger partial charge in [-0.2, -0.15) is 0 Å². The second-order valence-electron chi connectivity index (χ2n) is 3.52. The molecule has 0 aromatic heterocycles.